The number of nitro benzene ring substituents is 1. The Morgan fingerprint density at radius 2 is 1.95 bits per heavy atom. The van der Waals surface area contributed by atoms with Crippen molar-refractivity contribution in [2.45, 2.75) is 31.7 Å². The SMILES string of the molecule is Cc1cc([N+](=O)[O-])cc(S(=O)(=O)N[C@@H](C)CN)c1C.Cl. The largest absolute Gasteiger partial charge is 0.329 e. The second-order valence-corrected chi connectivity index (χ2v) is 6.08. The minimum Gasteiger partial charge on any atom is -0.329 e. The molecule has 7 nitrogen and oxygen atoms in total. The molecule has 1 rings (SSSR count). The normalized spacial score (nSPS) is 12.6. The molecule has 1 aromatic rings. The van der Waals surface area contributed by atoms with Crippen molar-refractivity contribution in [3.8, 4) is 0 Å². The smallest absolute Gasteiger partial charge is 0.271 e. The highest BCUT2D eigenvalue weighted by Crippen LogP contribution is 2.25. The van der Waals surface area contributed by atoms with Crippen molar-refractivity contribution in [3.05, 3.63) is 33.4 Å². The van der Waals surface area contributed by atoms with Crippen molar-refractivity contribution in [1.82, 2.24) is 4.72 Å². The molecule has 0 saturated heterocycles. The van der Waals surface area contributed by atoms with E-state index in [0.717, 1.165) is 6.07 Å². The zero-order chi connectivity index (χ0) is 14.8. The highest BCUT2D eigenvalue weighted by molar-refractivity contribution is 7.89. The van der Waals surface area contributed by atoms with Crippen LogP contribution in [0.4, 0.5) is 5.69 Å². The maximum Gasteiger partial charge on any atom is 0.271 e. The fourth-order valence-electron chi connectivity index (χ4n) is 1.57. The average molecular weight is 324 g/mol. The van der Waals surface area contributed by atoms with Gasteiger partial charge in [-0.1, -0.05) is 0 Å². The molecule has 0 aliphatic rings. The van der Waals surface area contributed by atoms with Gasteiger partial charge in [0, 0.05) is 24.7 Å². The lowest BCUT2D eigenvalue weighted by atomic mass is 10.1. The molecular formula is C11H18ClN3O4S. The summed E-state index contributed by atoms with van der Waals surface area (Å²) in [5, 5.41) is 10.8. The zero-order valence-corrected chi connectivity index (χ0v) is 13.0. The number of aryl methyl sites for hydroxylation is 1. The van der Waals surface area contributed by atoms with Gasteiger partial charge < -0.3 is 5.73 Å². The molecule has 1 atom stereocenters. The molecule has 0 amide bonds. The summed E-state index contributed by atoms with van der Waals surface area (Å²) < 4.78 is 26.7. The van der Waals surface area contributed by atoms with Gasteiger partial charge in [0.05, 0.1) is 9.82 Å². The number of benzene rings is 1. The molecule has 114 valence electrons. The molecule has 9 heteroatoms. The van der Waals surface area contributed by atoms with E-state index in [1.54, 1.807) is 20.8 Å². The van der Waals surface area contributed by atoms with E-state index < -0.39 is 21.0 Å². The van der Waals surface area contributed by atoms with Crippen LogP contribution in [0.3, 0.4) is 0 Å². The summed E-state index contributed by atoms with van der Waals surface area (Å²) in [5.41, 5.74) is 6.16. The van der Waals surface area contributed by atoms with Gasteiger partial charge in [0.2, 0.25) is 10.0 Å². The van der Waals surface area contributed by atoms with Crippen molar-refractivity contribution < 1.29 is 13.3 Å². The number of nitrogens with zero attached hydrogens (tertiary/aromatic N) is 1. The first-order valence-corrected chi connectivity index (χ1v) is 7.15. The van der Waals surface area contributed by atoms with Crippen LogP contribution in [0.25, 0.3) is 0 Å². The van der Waals surface area contributed by atoms with Crippen molar-refractivity contribution in [2.24, 2.45) is 5.73 Å². The molecule has 3 N–H and O–H groups in total. The fourth-order valence-corrected chi connectivity index (χ4v) is 3.16. The van der Waals surface area contributed by atoms with Crippen molar-refractivity contribution >= 4 is 28.1 Å². The van der Waals surface area contributed by atoms with Gasteiger partial charge in [-0.25, -0.2) is 13.1 Å². The highest BCUT2D eigenvalue weighted by Gasteiger charge is 2.23. The quantitative estimate of drug-likeness (QED) is 0.625. The standard InChI is InChI=1S/C11H17N3O4S.ClH/c1-7-4-10(14(15)16)5-11(9(7)3)19(17,18)13-8(2)6-12;/h4-5,8,13H,6,12H2,1-3H3;1H/t8-;/m0./s1. The van der Waals surface area contributed by atoms with E-state index in [9.17, 15) is 18.5 Å². The lowest BCUT2D eigenvalue weighted by Gasteiger charge is -2.14. The summed E-state index contributed by atoms with van der Waals surface area (Å²) >= 11 is 0. The monoisotopic (exact) mass is 323 g/mol. The van der Waals surface area contributed by atoms with Gasteiger partial charge >= 0.3 is 0 Å². The number of hydrogen-bond donors (Lipinski definition) is 2. The number of non-ortho nitro benzene ring substituents is 1. The summed E-state index contributed by atoms with van der Waals surface area (Å²) in [6.45, 7) is 5.01. The van der Waals surface area contributed by atoms with Crippen molar-refractivity contribution in [2.75, 3.05) is 6.54 Å². The van der Waals surface area contributed by atoms with Crippen LogP contribution in [-0.2, 0) is 10.0 Å². The number of rotatable bonds is 5. The van der Waals surface area contributed by atoms with E-state index in [0.29, 0.717) is 11.1 Å². The number of sulfonamides is 1. The van der Waals surface area contributed by atoms with Crippen LogP contribution in [-0.4, -0.2) is 25.9 Å². The Morgan fingerprint density at radius 1 is 1.40 bits per heavy atom. The molecular weight excluding hydrogens is 306 g/mol. The second-order valence-electron chi connectivity index (χ2n) is 4.40. The molecule has 0 aliphatic heterocycles. The lowest BCUT2D eigenvalue weighted by Crippen LogP contribution is -2.38. The van der Waals surface area contributed by atoms with E-state index in [-0.39, 0.29) is 29.5 Å². The summed E-state index contributed by atoms with van der Waals surface area (Å²) in [6, 6.07) is 1.97. The Hall–Kier alpha value is -1.22. The first-order valence-electron chi connectivity index (χ1n) is 5.67. The van der Waals surface area contributed by atoms with Crippen LogP contribution in [0.15, 0.2) is 17.0 Å². The van der Waals surface area contributed by atoms with Gasteiger partial charge in [-0.3, -0.25) is 10.1 Å². The molecule has 0 bridgehead atoms. The minimum atomic E-state index is -3.82. The number of hydrogen-bond acceptors (Lipinski definition) is 5. The molecule has 1 aromatic carbocycles. The van der Waals surface area contributed by atoms with Gasteiger partial charge in [-0.05, 0) is 31.9 Å². The van der Waals surface area contributed by atoms with Gasteiger partial charge in [-0.15, -0.1) is 12.4 Å². The summed E-state index contributed by atoms with van der Waals surface area (Å²) in [7, 11) is -3.82. The second kappa shape index (κ2) is 6.98. The first-order chi connectivity index (χ1) is 8.69. The third-order valence-electron chi connectivity index (χ3n) is 2.81. The lowest BCUT2D eigenvalue weighted by molar-refractivity contribution is -0.385. The molecule has 0 heterocycles. The predicted molar refractivity (Wildman–Crippen MR) is 78.7 cm³/mol. The Kier molecular flexibility index (Phi) is 6.55. The molecule has 0 fully saturated rings. The van der Waals surface area contributed by atoms with Crippen LogP contribution in [0.1, 0.15) is 18.1 Å². The van der Waals surface area contributed by atoms with E-state index in [4.69, 9.17) is 5.73 Å². The summed E-state index contributed by atoms with van der Waals surface area (Å²) in [4.78, 5) is 10.1. The van der Waals surface area contributed by atoms with Crippen LogP contribution < -0.4 is 10.5 Å². The fraction of sp³-hybridized carbons (Fsp3) is 0.455. The van der Waals surface area contributed by atoms with Crippen LogP contribution in [0.2, 0.25) is 0 Å². The van der Waals surface area contributed by atoms with Crippen molar-refractivity contribution in [3.63, 3.8) is 0 Å². The topological polar surface area (TPSA) is 115 Å². The number of nitrogens with two attached hydrogens (primary N) is 1. The molecule has 0 aliphatic carbocycles. The van der Waals surface area contributed by atoms with E-state index >= 15 is 0 Å². The number of halogens is 1. The van der Waals surface area contributed by atoms with Crippen LogP contribution in [0, 0.1) is 24.0 Å². The minimum absolute atomic E-state index is 0. The van der Waals surface area contributed by atoms with E-state index in [1.807, 2.05) is 0 Å². The van der Waals surface area contributed by atoms with Gasteiger partial charge in [0.25, 0.3) is 5.69 Å². The van der Waals surface area contributed by atoms with E-state index in [1.165, 1.54) is 6.07 Å². The first kappa shape index (κ1) is 18.8. The molecule has 0 aromatic heterocycles. The van der Waals surface area contributed by atoms with Crippen LogP contribution in [0.5, 0.6) is 0 Å². The molecule has 0 radical (unpaired) electrons. The summed E-state index contributed by atoms with van der Waals surface area (Å²) in [5.74, 6) is 0. The molecule has 0 saturated carbocycles. The van der Waals surface area contributed by atoms with Gasteiger partial charge in [-0.2, -0.15) is 0 Å². The molecule has 0 unspecified atom stereocenters. The van der Waals surface area contributed by atoms with Gasteiger partial charge in [0.15, 0.2) is 0 Å². The Bertz CT molecular complexity index is 604. The maximum atomic E-state index is 12.2. The number of nitrogens with one attached hydrogen (secondary N) is 1. The average Bonchev–Trinajstić information content (AvgIpc) is 2.31. The third-order valence-corrected chi connectivity index (χ3v) is 4.53. The number of nitro groups is 1. The van der Waals surface area contributed by atoms with Gasteiger partial charge in [0.1, 0.15) is 0 Å². The Balaban J connectivity index is 0.00000361. The third kappa shape index (κ3) is 4.14. The Morgan fingerprint density at radius 3 is 2.40 bits per heavy atom. The summed E-state index contributed by atoms with van der Waals surface area (Å²) in [6.07, 6.45) is 0. The van der Waals surface area contributed by atoms with Crippen LogP contribution >= 0.6 is 12.4 Å². The van der Waals surface area contributed by atoms with E-state index in [2.05, 4.69) is 4.72 Å². The highest BCUT2D eigenvalue weighted by atomic mass is 35.5. The Labute approximate surface area is 124 Å². The zero-order valence-electron chi connectivity index (χ0n) is 11.4. The molecule has 20 heavy (non-hydrogen) atoms. The maximum absolute atomic E-state index is 12.2. The predicted octanol–water partition coefficient (Wildman–Crippen LogP) is 1.26. The molecule has 0 spiro atoms. The van der Waals surface area contributed by atoms with Crippen molar-refractivity contribution in [1.29, 1.82) is 0 Å².